The number of hydrogen-bond acceptors (Lipinski definition) is 2. The summed E-state index contributed by atoms with van der Waals surface area (Å²) in [5, 5.41) is 3.76. The van der Waals surface area contributed by atoms with Gasteiger partial charge in [-0.2, -0.15) is 0 Å². The Morgan fingerprint density at radius 2 is 1.89 bits per heavy atom. The van der Waals surface area contributed by atoms with Crippen molar-refractivity contribution >= 4 is 0 Å². The average molecular weight is 246 g/mol. The second-order valence-corrected chi connectivity index (χ2v) is 5.79. The Balaban J connectivity index is 2.12. The third-order valence-corrected chi connectivity index (χ3v) is 3.98. The van der Waals surface area contributed by atoms with Crippen molar-refractivity contribution < 1.29 is 0 Å². The van der Waals surface area contributed by atoms with Crippen LogP contribution in [0.2, 0.25) is 0 Å². The fraction of sp³-hybridized carbons (Fsp3) is 0.625. The predicted octanol–water partition coefficient (Wildman–Crippen LogP) is 3.21. The molecule has 1 unspecified atom stereocenters. The summed E-state index contributed by atoms with van der Waals surface area (Å²) in [7, 11) is 0. The van der Waals surface area contributed by atoms with Crippen LogP contribution in [0.3, 0.4) is 0 Å². The highest BCUT2D eigenvalue weighted by Crippen LogP contribution is 2.34. The van der Waals surface area contributed by atoms with E-state index in [2.05, 4.69) is 61.3 Å². The minimum Gasteiger partial charge on any atom is -0.308 e. The lowest BCUT2D eigenvalue weighted by atomic mass is 9.88. The number of benzene rings is 1. The Bertz CT molecular complexity index is 355. The number of hydrogen-bond donors (Lipinski definition) is 1. The third-order valence-electron chi connectivity index (χ3n) is 3.98. The molecule has 0 aromatic heterocycles. The van der Waals surface area contributed by atoms with Gasteiger partial charge in [-0.3, -0.25) is 4.90 Å². The SMILES string of the molecule is CCCCNC(c1ccccc1)C(C)(C)N1CC1. The number of unbranched alkanes of at least 4 members (excludes halogenated alkanes) is 1. The summed E-state index contributed by atoms with van der Waals surface area (Å²) in [6, 6.07) is 11.3. The van der Waals surface area contributed by atoms with Gasteiger partial charge in [-0.1, -0.05) is 43.7 Å². The van der Waals surface area contributed by atoms with Crippen LogP contribution in [0.5, 0.6) is 0 Å². The van der Waals surface area contributed by atoms with Gasteiger partial charge < -0.3 is 5.32 Å². The first-order chi connectivity index (χ1) is 8.66. The molecular weight excluding hydrogens is 220 g/mol. The first-order valence-electron chi connectivity index (χ1n) is 7.19. The third kappa shape index (κ3) is 3.12. The largest absolute Gasteiger partial charge is 0.308 e. The molecule has 1 aromatic rings. The van der Waals surface area contributed by atoms with Gasteiger partial charge in [-0.15, -0.1) is 0 Å². The minimum atomic E-state index is 0.203. The van der Waals surface area contributed by atoms with Crippen molar-refractivity contribution in [2.45, 2.75) is 45.2 Å². The van der Waals surface area contributed by atoms with Crippen LogP contribution in [0.4, 0.5) is 0 Å². The molecule has 1 aliphatic heterocycles. The van der Waals surface area contributed by atoms with E-state index in [-0.39, 0.29) is 5.54 Å². The van der Waals surface area contributed by atoms with Crippen molar-refractivity contribution in [3.05, 3.63) is 35.9 Å². The molecule has 2 nitrogen and oxygen atoms in total. The Morgan fingerprint density at radius 3 is 2.44 bits per heavy atom. The summed E-state index contributed by atoms with van der Waals surface area (Å²) >= 11 is 0. The van der Waals surface area contributed by atoms with E-state index in [0.29, 0.717) is 6.04 Å². The molecule has 2 rings (SSSR count). The van der Waals surface area contributed by atoms with Gasteiger partial charge >= 0.3 is 0 Å². The van der Waals surface area contributed by atoms with Crippen LogP contribution in [0.25, 0.3) is 0 Å². The van der Waals surface area contributed by atoms with Gasteiger partial charge in [0.1, 0.15) is 0 Å². The molecule has 1 fully saturated rings. The number of rotatable bonds is 7. The molecular formula is C16H26N2. The highest BCUT2D eigenvalue weighted by Gasteiger charge is 2.41. The summed E-state index contributed by atoms with van der Waals surface area (Å²) < 4.78 is 0. The Morgan fingerprint density at radius 1 is 1.22 bits per heavy atom. The monoisotopic (exact) mass is 246 g/mol. The van der Waals surface area contributed by atoms with Crippen molar-refractivity contribution in [2.75, 3.05) is 19.6 Å². The van der Waals surface area contributed by atoms with E-state index in [1.165, 1.54) is 31.5 Å². The van der Waals surface area contributed by atoms with Gasteiger partial charge in [0.15, 0.2) is 0 Å². The van der Waals surface area contributed by atoms with Gasteiger partial charge in [-0.05, 0) is 32.4 Å². The predicted molar refractivity (Wildman–Crippen MR) is 77.7 cm³/mol. The van der Waals surface area contributed by atoms with Crippen molar-refractivity contribution in [1.82, 2.24) is 10.2 Å². The normalized spacial score (nSPS) is 17.7. The van der Waals surface area contributed by atoms with Crippen LogP contribution < -0.4 is 5.32 Å². The first-order valence-corrected chi connectivity index (χ1v) is 7.19. The lowest BCUT2D eigenvalue weighted by Crippen LogP contribution is -2.45. The Kier molecular flexibility index (Phi) is 4.41. The van der Waals surface area contributed by atoms with Gasteiger partial charge in [0.2, 0.25) is 0 Å². The summed E-state index contributed by atoms with van der Waals surface area (Å²) in [6.45, 7) is 10.5. The lowest BCUT2D eigenvalue weighted by Gasteiger charge is -2.37. The zero-order valence-corrected chi connectivity index (χ0v) is 11.9. The fourth-order valence-electron chi connectivity index (χ4n) is 2.65. The number of nitrogens with one attached hydrogen (secondary N) is 1. The molecule has 0 aliphatic carbocycles. The number of nitrogens with zero attached hydrogens (tertiary/aromatic N) is 1. The lowest BCUT2D eigenvalue weighted by molar-refractivity contribution is 0.199. The van der Waals surface area contributed by atoms with E-state index < -0.39 is 0 Å². The zero-order chi connectivity index (χ0) is 13.0. The second kappa shape index (κ2) is 5.85. The van der Waals surface area contributed by atoms with Crippen molar-refractivity contribution in [3.63, 3.8) is 0 Å². The van der Waals surface area contributed by atoms with E-state index in [4.69, 9.17) is 0 Å². The Hall–Kier alpha value is -0.860. The van der Waals surface area contributed by atoms with Crippen LogP contribution >= 0.6 is 0 Å². The van der Waals surface area contributed by atoms with Crippen LogP contribution in [0, 0.1) is 0 Å². The van der Waals surface area contributed by atoms with Crippen molar-refractivity contribution in [3.8, 4) is 0 Å². The fourth-order valence-corrected chi connectivity index (χ4v) is 2.65. The molecule has 1 aromatic carbocycles. The van der Waals surface area contributed by atoms with E-state index in [1.54, 1.807) is 0 Å². The maximum absolute atomic E-state index is 3.76. The summed E-state index contributed by atoms with van der Waals surface area (Å²) in [5.74, 6) is 0. The van der Waals surface area contributed by atoms with Crippen LogP contribution in [0.15, 0.2) is 30.3 Å². The topological polar surface area (TPSA) is 15.0 Å². The molecule has 0 radical (unpaired) electrons. The molecule has 1 aliphatic rings. The summed E-state index contributed by atoms with van der Waals surface area (Å²) in [5.41, 5.74) is 1.61. The second-order valence-electron chi connectivity index (χ2n) is 5.79. The molecule has 2 heteroatoms. The van der Waals surface area contributed by atoms with Gasteiger partial charge in [-0.25, -0.2) is 0 Å². The molecule has 0 amide bonds. The Labute approximate surface area is 111 Å². The van der Waals surface area contributed by atoms with Gasteiger partial charge in [0.25, 0.3) is 0 Å². The van der Waals surface area contributed by atoms with Crippen molar-refractivity contribution in [1.29, 1.82) is 0 Å². The highest BCUT2D eigenvalue weighted by atomic mass is 15.3. The molecule has 1 atom stereocenters. The van der Waals surface area contributed by atoms with Crippen LogP contribution in [-0.4, -0.2) is 30.1 Å². The maximum Gasteiger partial charge on any atom is 0.0501 e. The zero-order valence-electron chi connectivity index (χ0n) is 11.9. The van der Waals surface area contributed by atoms with E-state index in [9.17, 15) is 0 Å². The molecule has 18 heavy (non-hydrogen) atoms. The minimum absolute atomic E-state index is 0.203. The summed E-state index contributed by atoms with van der Waals surface area (Å²) in [4.78, 5) is 2.55. The first kappa shape index (κ1) is 13.6. The molecule has 100 valence electrons. The molecule has 1 heterocycles. The maximum atomic E-state index is 3.76. The van der Waals surface area contributed by atoms with Crippen LogP contribution in [-0.2, 0) is 0 Å². The molecule has 0 saturated carbocycles. The van der Waals surface area contributed by atoms with Crippen molar-refractivity contribution in [2.24, 2.45) is 0 Å². The molecule has 1 saturated heterocycles. The average Bonchev–Trinajstić information content (AvgIpc) is 3.20. The van der Waals surface area contributed by atoms with E-state index in [0.717, 1.165) is 6.54 Å². The molecule has 1 N–H and O–H groups in total. The van der Waals surface area contributed by atoms with E-state index in [1.807, 2.05) is 0 Å². The quantitative estimate of drug-likeness (QED) is 0.587. The van der Waals surface area contributed by atoms with Crippen LogP contribution in [0.1, 0.15) is 45.2 Å². The standard InChI is InChI=1S/C16H26N2/c1-4-5-11-17-15(14-9-7-6-8-10-14)16(2,3)18-12-13-18/h6-10,15,17H,4-5,11-13H2,1-3H3. The highest BCUT2D eigenvalue weighted by molar-refractivity contribution is 5.23. The van der Waals surface area contributed by atoms with Gasteiger partial charge in [0, 0.05) is 18.6 Å². The molecule has 0 spiro atoms. The van der Waals surface area contributed by atoms with E-state index >= 15 is 0 Å². The smallest absolute Gasteiger partial charge is 0.0501 e. The van der Waals surface area contributed by atoms with Gasteiger partial charge in [0.05, 0.1) is 6.04 Å². The summed E-state index contributed by atoms with van der Waals surface area (Å²) in [6.07, 6.45) is 2.50. The molecule has 0 bridgehead atoms.